The molecule has 0 aromatic heterocycles. The average molecular weight is 205 g/mol. The number of carboxylic acid groups (broad SMARTS) is 1. The van der Waals surface area contributed by atoms with Gasteiger partial charge < -0.3 is 5.11 Å². The van der Waals surface area contributed by atoms with E-state index in [1.807, 2.05) is 0 Å². The maximum Gasteiger partial charge on any atom is 0.394 e. The van der Waals surface area contributed by atoms with E-state index in [1.54, 1.807) is 0 Å². The van der Waals surface area contributed by atoms with Crippen LogP contribution in [0.5, 0.6) is 0 Å². The van der Waals surface area contributed by atoms with Crippen LogP contribution in [0.4, 0.5) is 0 Å². The molecule has 0 atom stereocenters. The van der Waals surface area contributed by atoms with Gasteiger partial charge in [-0.25, -0.2) is 0 Å². The average Bonchev–Trinajstić information content (AvgIpc) is 1.19. The van der Waals surface area contributed by atoms with Gasteiger partial charge in [-0.2, -0.15) is 8.42 Å². The largest absolute Gasteiger partial charge is 0.503 e. The zero-order valence-corrected chi connectivity index (χ0v) is 7.06. The Hall–Kier alpha value is -0.0757. The number of hydrogen-bond donors (Lipinski definition) is 3. The molecule has 0 rings (SSSR count). The number of aliphatic carboxylic acids is 1. The molecule has 0 aromatic carbocycles. The first kappa shape index (κ1) is 16.5. The quantitative estimate of drug-likeness (QED) is 0.272. The van der Waals surface area contributed by atoms with E-state index >= 15 is 0 Å². The van der Waals surface area contributed by atoms with Crippen molar-refractivity contribution < 1.29 is 49.1 Å². The minimum atomic E-state index is -4.67. The minimum Gasteiger partial charge on any atom is -0.503 e. The molecule has 3 N–H and O–H groups in total. The summed E-state index contributed by atoms with van der Waals surface area (Å²) in [6, 6.07) is 0. The molecular weight excluding hydrogens is 200 g/mol. The molecule has 0 unspecified atom stereocenters. The van der Waals surface area contributed by atoms with E-state index in [2.05, 4.69) is 6.92 Å². The Bertz CT molecular complexity index is 158. The Morgan fingerprint density at radius 3 is 1.30 bits per heavy atom. The molecule has 0 saturated heterocycles. The Balaban J connectivity index is -0.0000000910. The fourth-order valence-electron chi connectivity index (χ4n) is 0. The summed E-state index contributed by atoms with van der Waals surface area (Å²) >= 11 is 0. The molecule has 0 spiro atoms. The van der Waals surface area contributed by atoms with Gasteiger partial charge in [-0.15, -0.1) is 0 Å². The van der Waals surface area contributed by atoms with Crippen molar-refractivity contribution in [1.29, 1.82) is 0 Å². The van der Waals surface area contributed by atoms with Gasteiger partial charge in [-0.05, 0) is 0 Å². The van der Waals surface area contributed by atoms with Gasteiger partial charge in [0.15, 0.2) is 5.97 Å². The molecule has 6 nitrogen and oxygen atoms in total. The number of hydrogen-bond acceptors (Lipinski definition) is 3. The maximum absolute atomic E-state index is 8.89. The Morgan fingerprint density at radius 2 is 1.30 bits per heavy atom. The smallest absolute Gasteiger partial charge is 0.394 e. The van der Waals surface area contributed by atoms with Crippen molar-refractivity contribution in [2.24, 2.45) is 0 Å². The zero-order valence-electron chi connectivity index (χ0n) is 4.68. The van der Waals surface area contributed by atoms with Gasteiger partial charge in [0.25, 0.3) is 0 Å². The van der Waals surface area contributed by atoms with Crippen LogP contribution in [0.25, 0.3) is 0 Å². The van der Waals surface area contributed by atoms with Gasteiger partial charge >= 0.3 is 10.4 Å². The van der Waals surface area contributed by atoms with E-state index in [1.165, 1.54) is 0 Å². The number of carbonyl (C=O) groups is 1. The van der Waals surface area contributed by atoms with Crippen LogP contribution in [0.2, 0.25) is 0 Å². The van der Waals surface area contributed by atoms with Crippen molar-refractivity contribution >= 4 is 16.4 Å². The Labute approximate surface area is 72.7 Å². The van der Waals surface area contributed by atoms with E-state index in [4.69, 9.17) is 27.4 Å². The molecule has 0 heterocycles. The summed E-state index contributed by atoms with van der Waals surface area (Å²) in [7, 11) is -4.67. The van der Waals surface area contributed by atoms with Crippen molar-refractivity contribution in [3.63, 3.8) is 0 Å². The summed E-state index contributed by atoms with van der Waals surface area (Å²) < 4.78 is 31.6. The van der Waals surface area contributed by atoms with E-state index in [0.29, 0.717) is 0 Å². The molecule has 0 aliphatic carbocycles. The molecule has 0 bridgehead atoms. The molecule has 0 saturated carbocycles. The van der Waals surface area contributed by atoms with Crippen LogP contribution >= 0.6 is 0 Å². The van der Waals surface area contributed by atoms with Gasteiger partial charge in [0, 0.05) is 21.7 Å². The van der Waals surface area contributed by atoms with Gasteiger partial charge in [0.05, 0.1) is 0 Å². The van der Waals surface area contributed by atoms with E-state index in [9.17, 15) is 0 Å². The molecule has 0 fully saturated rings. The first-order chi connectivity index (χ1) is 3.73. The monoisotopic (exact) mass is 205 g/mol. The predicted octanol–water partition coefficient (Wildman–Crippen LogP) is -0.750. The zero-order chi connectivity index (χ0) is 8.08. The van der Waals surface area contributed by atoms with E-state index in [-0.39, 0.29) is 21.7 Å². The first-order valence-electron chi connectivity index (χ1n) is 1.48. The molecule has 0 aliphatic rings. The van der Waals surface area contributed by atoms with Crippen molar-refractivity contribution in [2.75, 3.05) is 0 Å². The second-order valence-corrected chi connectivity index (χ2v) is 1.74. The fraction of sp³-hybridized carbons (Fsp3) is 0. The minimum absolute atomic E-state index is 0. The third-order valence-electron chi connectivity index (χ3n) is 0. The van der Waals surface area contributed by atoms with Crippen molar-refractivity contribution in [3.05, 3.63) is 6.92 Å². The van der Waals surface area contributed by atoms with Crippen LogP contribution in [0.15, 0.2) is 0 Å². The van der Waals surface area contributed by atoms with Crippen LogP contribution in [0, 0.1) is 6.92 Å². The number of rotatable bonds is 0. The molecule has 10 heavy (non-hydrogen) atoms. The molecule has 60 valence electrons. The van der Waals surface area contributed by atoms with Crippen LogP contribution in [0.1, 0.15) is 0 Å². The standard InChI is InChI=1S/C2H3O2.H2O4S.Ti/c1-2(3)4;1-5(2,3)4;/h1H2,(H,3,4);(H2,1,2,3,4);/q-1;;. The van der Waals surface area contributed by atoms with Crippen LogP contribution in [-0.4, -0.2) is 28.6 Å². The Kier molecular flexibility index (Phi) is 11.6. The third kappa shape index (κ3) is 66300. The van der Waals surface area contributed by atoms with Crippen LogP contribution in [-0.2, 0) is 36.9 Å². The van der Waals surface area contributed by atoms with Gasteiger partial charge in [0.1, 0.15) is 0 Å². The molecular formula is C2H5O6STi-. The summed E-state index contributed by atoms with van der Waals surface area (Å²) in [5, 5.41) is 7.31. The maximum atomic E-state index is 8.89. The summed E-state index contributed by atoms with van der Waals surface area (Å²) in [5.41, 5.74) is 0. The summed E-state index contributed by atoms with van der Waals surface area (Å²) in [6.45, 7) is 2.56. The molecule has 0 aromatic rings. The Morgan fingerprint density at radius 1 is 1.30 bits per heavy atom. The van der Waals surface area contributed by atoms with Crippen molar-refractivity contribution in [2.45, 2.75) is 0 Å². The van der Waals surface area contributed by atoms with Gasteiger partial charge in [0.2, 0.25) is 0 Å². The first-order valence-corrected chi connectivity index (χ1v) is 2.88. The molecule has 8 heteroatoms. The summed E-state index contributed by atoms with van der Waals surface area (Å²) in [6.07, 6.45) is 0. The van der Waals surface area contributed by atoms with Crippen LogP contribution < -0.4 is 0 Å². The van der Waals surface area contributed by atoms with Gasteiger partial charge in [-0.1, -0.05) is 0 Å². The predicted molar refractivity (Wildman–Crippen MR) is 27.2 cm³/mol. The molecule has 0 radical (unpaired) electrons. The molecule has 0 aliphatic heterocycles. The number of carboxylic acids is 1. The van der Waals surface area contributed by atoms with E-state index in [0.717, 1.165) is 0 Å². The van der Waals surface area contributed by atoms with Crippen LogP contribution in [0.3, 0.4) is 0 Å². The normalized spacial score (nSPS) is 8.20. The fourth-order valence-corrected chi connectivity index (χ4v) is 0. The van der Waals surface area contributed by atoms with Gasteiger partial charge in [-0.3, -0.25) is 20.8 Å². The second kappa shape index (κ2) is 7.04. The van der Waals surface area contributed by atoms with Crippen molar-refractivity contribution in [1.82, 2.24) is 0 Å². The second-order valence-electron chi connectivity index (χ2n) is 0.842. The van der Waals surface area contributed by atoms with E-state index < -0.39 is 16.4 Å². The molecule has 0 amide bonds. The topological polar surface area (TPSA) is 112 Å². The summed E-state index contributed by atoms with van der Waals surface area (Å²) in [4.78, 5) is 8.89. The summed E-state index contributed by atoms with van der Waals surface area (Å²) in [5.74, 6) is -1.08. The SMILES string of the molecule is O=S(=O)(O)O.[CH2-]C(=O)O.[Ti]. The third-order valence-corrected chi connectivity index (χ3v) is 0. The van der Waals surface area contributed by atoms with Crippen molar-refractivity contribution in [3.8, 4) is 0 Å².